The Kier molecular flexibility index (Phi) is 9.45. The van der Waals surface area contributed by atoms with Gasteiger partial charge in [-0.15, -0.1) is 11.3 Å². The third kappa shape index (κ3) is 6.99. The zero-order chi connectivity index (χ0) is 23.2. The maximum Gasteiger partial charge on any atom is 0.224 e. The van der Waals surface area contributed by atoms with Gasteiger partial charge in [0.2, 0.25) is 11.8 Å². The second kappa shape index (κ2) is 11.4. The fourth-order valence-corrected chi connectivity index (χ4v) is 5.78. The molecule has 0 unspecified atom stereocenters. The summed E-state index contributed by atoms with van der Waals surface area (Å²) in [4.78, 5) is 29.6. The van der Waals surface area contributed by atoms with Crippen LogP contribution in [0.2, 0.25) is 0 Å². The molecule has 1 heterocycles. The lowest BCUT2D eigenvalue weighted by molar-refractivity contribution is -0.145. The molecule has 1 fully saturated rings. The van der Waals surface area contributed by atoms with Crippen LogP contribution in [-0.4, -0.2) is 39.2 Å². The molecule has 1 aromatic rings. The van der Waals surface area contributed by atoms with Gasteiger partial charge in [0.25, 0.3) is 0 Å². The number of aliphatic hydroxyl groups is 2. The van der Waals surface area contributed by atoms with Crippen molar-refractivity contribution in [2.45, 2.75) is 90.8 Å². The topological polar surface area (TPSA) is 140 Å². The number of carbonyl (C=O) groups excluding carboxylic acids is 2. The number of aryl methyl sites for hydroxylation is 1. The standard InChI is InChI=1S/C23H39N3O4S/c1-14(2)9-19(27)21(29)18(10-16-7-5-4-6-8-16)23(22(25)30,12-20(24)28)11-17-13-31-15(3)26-17/h13-14,16,18-19,21,27,29H,4-12H2,1-3H3,(H2,24,28)(H2,25,30)/t18-,19+,21-,23-/m1/s1. The summed E-state index contributed by atoms with van der Waals surface area (Å²) in [6.45, 7) is 5.80. The van der Waals surface area contributed by atoms with E-state index in [1.165, 1.54) is 17.8 Å². The van der Waals surface area contributed by atoms with Crippen molar-refractivity contribution in [2.24, 2.45) is 34.6 Å². The zero-order valence-corrected chi connectivity index (χ0v) is 19.9. The van der Waals surface area contributed by atoms with Gasteiger partial charge in [0.15, 0.2) is 0 Å². The number of hydrogen-bond donors (Lipinski definition) is 4. The average molecular weight is 454 g/mol. The van der Waals surface area contributed by atoms with Crippen LogP contribution >= 0.6 is 11.3 Å². The summed E-state index contributed by atoms with van der Waals surface area (Å²) in [6, 6.07) is 0. The number of nitrogens with two attached hydrogens (primary N) is 2. The maximum atomic E-state index is 13.0. The predicted molar refractivity (Wildman–Crippen MR) is 122 cm³/mol. The van der Waals surface area contributed by atoms with Crippen LogP contribution in [0.3, 0.4) is 0 Å². The summed E-state index contributed by atoms with van der Waals surface area (Å²) >= 11 is 1.45. The van der Waals surface area contributed by atoms with Crippen molar-refractivity contribution >= 4 is 23.2 Å². The number of aromatic nitrogens is 1. The van der Waals surface area contributed by atoms with Gasteiger partial charge in [0.1, 0.15) is 0 Å². The lowest BCUT2D eigenvalue weighted by Crippen LogP contribution is -2.54. The van der Waals surface area contributed by atoms with Crippen molar-refractivity contribution in [2.75, 3.05) is 0 Å². The first-order valence-corrected chi connectivity index (χ1v) is 12.3. The van der Waals surface area contributed by atoms with E-state index in [9.17, 15) is 19.8 Å². The van der Waals surface area contributed by atoms with Gasteiger partial charge in [-0.25, -0.2) is 4.98 Å². The summed E-state index contributed by atoms with van der Waals surface area (Å²) in [5.41, 5.74) is 10.8. The molecule has 31 heavy (non-hydrogen) atoms. The first kappa shape index (κ1) is 25.7. The molecule has 0 bridgehead atoms. The predicted octanol–water partition coefficient (Wildman–Crippen LogP) is 2.70. The molecule has 0 spiro atoms. The molecule has 1 aliphatic carbocycles. The third-order valence-corrected chi connectivity index (χ3v) is 7.51. The highest BCUT2D eigenvalue weighted by Crippen LogP contribution is 2.44. The van der Waals surface area contributed by atoms with Crippen LogP contribution in [0.25, 0.3) is 0 Å². The molecule has 2 rings (SSSR count). The Morgan fingerprint density at radius 3 is 2.35 bits per heavy atom. The third-order valence-electron chi connectivity index (χ3n) is 6.68. The van der Waals surface area contributed by atoms with E-state index in [1.807, 2.05) is 26.2 Å². The van der Waals surface area contributed by atoms with Crippen LogP contribution < -0.4 is 11.5 Å². The van der Waals surface area contributed by atoms with Crippen molar-refractivity contribution in [3.05, 3.63) is 16.1 Å². The van der Waals surface area contributed by atoms with Gasteiger partial charge < -0.3 is 21.7 Å². The number of hydrogen-bond acceptors (Lipinski definition) is 6. The molecule has 1 aromatic heterocycles. The SMILES string of the molecule is Cc1nc(C[C@](CC(N)=O)(C(N)=O)[C@H](CC2CCCCC2)[C@@H](O)[C@@H](O)CC(C)C)cs1. The fraction of sp³-hybridized carbons (Fsp3) is 0.783. The van der Waals surface area contributed by atoms with Crippen LogP contribution in [0.15, 0.2) is 5.38 Å². The lowest BCUT2D eigenvalue weighted by atomic mass is 9.62. The van der Waals surface area contributed by atoms with Gasteiger partial charge >= 0.3 is 0 Å². The Bertz CT molecular complexity index is 732. The summed E-state index contributed by atoms with van der Waals surface area (Å²) < 4.78 is 0. The smallest absolute Gasteiger partial charge is 0.224 e. The number of primary amides is 2. The number of thiazole rings is 1. The normalized spacial score (nSPS) is 20.2. The molecule has 8 heteroatoms. The minimum Gasteiger partial charge on any atom is -0.390 e. The van der Waals surface area contributed by atoms with Crippen molar-refractivity contribution in [3.63, 3.8) is 0 Å². The van der Waals surface area contributed by atoms with E-state index in [-0.39, 0.29) is 18.8 Å². The molecule has 1 aliphatic rings. The van der Waals surface area contributed by atoms with Gasteiger partial charge in [0.05, 0.1) is 28.3 Å². The van der Waals surface area contributed by atoms with E-state index < -0.39 is 35.4 Å². The average Bonchev–Trinajstić information content (AvgIpc) is 3.09. The van der Waals surface area contributed by atoms with Crippen molar-refractivity contribution in [1.29, 1.82) is 0 Å². The lowest BCUT2D eigenvalue weighted by Gasteiger charge is -2.43. The number of aliphatic hydroxyl groups excluding tert-OH is 2. The van der Waals surface area contributed by atoms with Gasteiger partial charge in [-0.3, -0.25) is 9.59 Å². The monoisotopic (exact) mass is 453 g/mol. The molecule has 0 aliphatic heterocycles. The summed E-state index contributed by atoms with van der Waals surface area (Å²) in [5, 5.41) is 24.8. The minimum absolute atomic E-state index is 0.123. The van der Waals surface area contributed by atoms with E-state index in [1.54, 1.807) is 0 Å². The minimum atomic E-state index is -1.40. The number of amides is 2. The molecule has 2 amide bonds. The summed E-state index contributed by atoms with van der Waals surface area (Å²) in [6.07, 6.45) is 3.96. The van der Waals surface area contributed by atoms with Crippen molar-refractivity contribution in [3.8, 4) is 0 Å². The summed E-state index contributed by atoms with van der Waals surface area (Å²) in [5.74, 6) is -1.53. The van der Waals surface area contributed by atoms with Crippen molar-refractivity contribution in [1.82, 2.24) is 4.98 Å². The highest BCUT2D eigenvalue weighted by atomic mass is 32.1. The molecule has 0 saturated heterocycles. The first-order valence-electron chi connectivity index (χ1n) is 11.4. The van der Waals surface area contributed by atoms with E-state index in [2.05, 4.69) is 4.98 Å². The van der Waals surface area contributed by atoms with Crippen LogP contribution in [-0.2, 0) is 16.0 Å². The molecule has 4 atom stereocenters. The highest BCUT2D eigenvalue weighted by molar-refractivity contribution is 7.09. The largest absolute Gasteiger partial charge is 0.390 e. The molecule has 7 nitrogen and oxygen atoms in total. The molecular weight excluding hydrogens is 414 g/mol. The quantitative estimate of drug-likeness (QED) is 0.385. The number of nitrogens with zero attached hydrogens (tertiary/aromatic N) is 1. The van der Waals surface area contributed by atoms with Crippen LogP contribution in [0.4, 0.5) is 0 Å². The van der Waals surface area contributed by atoms with Crippen LogP contribution in [0.1, 0.15) is 75.9 Å². The molecule has 176 valence electrons. The van der Waals surface area contributed by atoms with E-state index in [4.69, 9.17) is 11.5 Å². The van der Waals surface area contributed by atoms with Crippen LogP contribution in [0, 0.1) is 30.1 Å². The zero-order valence-electron chi connectivity index (χ0n) is 19.0. The summed E-state index contributed by atoms with van der Waals surface area (Å²) in [7, 11) is 0. The first-order chi connectivity index (χ1) is 14.5. The molecular formula is C23H39N3O4S. The number of carbonyl (C=O) groups is 2. The fourth-order valence-electron chi connectivity index (χ4n) is 5.17. The molecule has 0 aromatic carbocycles. The van der Waals surface area contributed by atoms with Crippen molar-refractivity contribution < 1.29 is 19.8 Å². The van der Waals surface area contributed by atoms with Gasteiger partial charge in [0, 0.05) is 24.1 Å². The van der Waals surface area contributed by atoms with E-state index >= 15 is 0 Å². The van der Waals surface area contributed by atoms with Gasteiger partial charge in [-0.05, 0) is 31.6 Å². The highest BCUT2D eigenvalue weighted by Gasteiger charge is 2.51. The molecule has 6 N–H and O–H groups in total. The maximum absolute atomic E-state index is 13.0. The molecule has 1 saturated carbocycles. The van der Waals surface area contributed by atoms with Crippen LogP contribution in [0.5, 0.6) is 0 Å². The Hall–Kier alpha value is -1.51. The Morgan fingerprint density at radius 1 is 1.23 bits per heavy atom. The second-order valence-corrected chi connectivity index (χ2v) is 10.8. The second-order valence-electron chi connectivity index (χ2n) is 9.73. The Labute approximate surface area is 189 Å². The Morgan fingerprint density at radius 2 is 1.87 bits per heavy atom. The van der Waals surface area contributed by atoms with E-state index in [0.29, 0.717) is 24.5 Å². The van der Waals surface area contributed by atoms with Gasteiger partial charge in [-0.2, -0.15) is 0 Å². The number of rotatable bonds is 12. The van der Waals surface area contributed by atoms with E-state index in [0.717, 1.165) is 30.7 Å². The van der Waals surface area contributed by atoms with Gasteiger partial charge in [-0.1, -0.05) is 46.0 Å². The molecule has 0 radical (unpaired) electrons. The Balaban J connectivity index is 2.49.